The van der Waals surface area contributed by atoms with Gasteiger partial charge >= 0.3 is 0 Å². The van der Waals surface area contributed by atoms with E-state index in [1.807, 2.05) is 11.8 Å². The molecule has 0 aromatic rings. The molecule has 4 heteroatoms. The maximum Gasteiger partial charge on any atom is 0.240 e. The highest BCUT2D eigenvalue weighted by Crippen LogP contribution is 2.51. The van der Waals surface area contributed by atoms with Gasteiger partial charge in [-0.25, -0.2) is 0 Å². The third-order valence-corrected chi connectivity index (χ3v) is 4.52. The molecule has 1 amide bonds. The van der Waals surface area contributed by atoms with Crippen molar-refractivity contribution in [1.29, 1.82) is 0 Å². The molecule has 1 saturated heterocycles. The summed E-state index contributed by atoms with van der Waals surface area (Å²) >= 11 is 5.89. The van der Waals surface area contributed by atoms with E-state index in [0.29, 0.717) is 11.3 Å². The van der Waals surface area contributed by atoms with Crippen LogP contribution in [0.25, 0.3) is 0 Å². The van der Waals surface area contributed by atoms with Crippen LogP contribution in [-0.4, -0.2) is 42.5 Å². The van der Waals surface area contributed by atoms with Crippen LogP contribution in [0.1, 0.15) is 33.1 Å². The minimum absolute atomic E-state index is 0.0805. The van der Waals surface area contributed by atoms with E-state index in [4.69, 9.17) is 16.3 Å². The Labute approximate surface area is 108 Å². The minimum Gasteiger partial charge on any atom is -0.381 e. The fraction of sp³-hybridized carbons (Fsp3) is 0.923. The topological polar surface area (TPSA) is 29.5 Å². The molecule has 3 nitrogen and oxygen atoms in total. The van der Waals surface area contributed by atoms with Crippen LogP contribution >= 0.6 is 11.6 Å². The zero-order valence-electron chi connectivity index (χ0n) is 10.7. The van der Waals surface area contributed by atoms with Crippen LogP contribution in [0.3, 0.4) is 0 Å². The van der Waals surface area contributed by atoms with Crippen molar-refractivity contribution in [3.8, 4) is 0 Å². The monoisotopic (exact) mass is 259 g/mol. The maximum atomic E-state index is 11.9. The number of rotatable bonds is 4. The van der Waals surface area contributed by atoms with Crippen molar-refractivity contribution in [3.63, 3.8) is 0 Å². The number of nitrogens with zero attached hydrogens (tertiary/aromatic N) is 1. The van der Waals surface area contributed by atoms with E-state index < -0.39 is 5.38 Å². The summed E-state index contributed by atoms with van der Waals surface area (Å²) in [4.78, 5) is 13.9. The molecule has 0 radical (unpaired) electrons. The predicted molar refractivity (Wildman–Crippen MR) is 68.2 cm³/mol. The lowest BCUT2D eigenvalue weighted by atomic mass is 9.63. The first kappa shape index (κ1) is 13.2. The van der Waals surface area contributed by atoms with Gasteiger partial charge in [-0.2, -0.15) is 0 Å². The van der Waals surface area contributed by atoms with E-state index in [-0.39, 0.29) is 5.91 Å². The molecule has 1 saturated carbocycles. The highest BCUT2D eigenvalue weighted by atomic mass is 35.5. The molecule has 0 unspecified atom stereocenters. The van der Waals surface area contributed by atoms with E-state index in [1.165, 1.54) is 19.3 Å². The first-order valence-electron chi connectivity index (χ1n) is 6.59. The van der Waals surface area contributed by atoms with Crippen molar-refractivity contribution in [2.75, 3.05) is 26.3 Å². The summed E-state index contributed by atoms with van der Waals surface area (Å²) < 4.78 is 5.57. The zero-order chi connectivity index (χ0) is 12.5. The van der Waals surface area contributed by atoms with Crippen LogP contribution in [-0.2, 0) is 9.53 Å². The molecule has 1 aliphatic carbocycles. The lowest BCUT2D eigenvalue weighted by Gasteiger charge is -2.42. The Kier molecular flexibility index (Phi) is 3.99. The van der Waals surface area contributed by atoms with Gasteiger partial charge in [0.25, 0.3) is 0 Å². The SMILES string of the molecule is CCOC[C@H]1CN(C(=O)[C@H](C)Cl)CC12CCC2. The first-order valence-corrected chi connectivity index (χ1v) is 7.03. The van der Waals surface area contributed by atoms with Crippen LogP contribution in [0, 0.1) is 11.3 Å². The van der Waals surface area contributed by atoms with Gasteiger partial charge in [-0.1, -0.05) is 6.42 Å². The summed E-state index contributed by atoms with van der Waals surface area (Å²) in [5.74, 6) is 0.590. The van der Waals surface area contributed by atoms with Gasteiger partial charge in [0, 0.05) is 25.6 Å². The fourth-order valence-corrected chi connectivity index (χ4v) is 3.28. The van der Waals surface area contributed by atoms with Gasteiger partial charge in [-0.3, -0.25) is 4.79 Å². The summed E-state index contributed by atoms with van der Waals surface area (Å²) in [5.41, 5.74) is 0.344. The Morgan fingerprint density at radius 3 is 2.76 bits per heavy atom. The average Bonchev–Trinajstić information content (AvgIpc) is 2.64. The molecule has 2 atom stereocenters. The summed E-state index contributed by atoms with van der Waals surface area (Å²) in [7, 11) is 0. The number of hydrogen-bond acceptors (Lipinski definition) is 2. The van der Waals surface area contributed by atoms with Crippen molar-refractivity contribution in [2.24, 2.45) is 11.3 Å². The zero-order valence-corrected chi connectivity index (χ0v) is 11.5. The van der Waals surface area contributed by atoms with E-state index in [0.717, 1.165) is 26.3 Å². The molecule has 0 aromatic carbocycles. The van der Waals surface area contributed by atoms with Crippen molar-refractivity contribution in [1.82, 2.24) is 4.90 Å². The summed E-state index contributed by atoms with van der Waals surface area (Å²) in [6, 6.07) is 0. The molecule has 2 rings (SSSR count). The number of halogens is 1. The minimum atomic E-state index is -0.405. The molecule has 0 bridgehead atoms. The number of ether oxygens (including phenoxy) is 1. The molecule has 17 heavy (non-hydrogen) atoms. The number of carbonyl (C=O) groups is 1. The lowest BCUT2D eigenvalue weighted by molar-refractivity contribution is -0.130. The third kappa shape index (κ3) is 2.45. The van der Waals surface area contributed by atoms with Crippen molar-refractivity contribution < 1.29 is 9.53 Å². The van der Waals surface area contributed by atoms with Crippen molar-refractivity contribution in [3.05, 3.63) is 0 Å². The van der Waals surface area contributed by atoms with Crippen LogP contribution in [0.4, 0.5) is 0 Å². The number of amides is 1. The van der Waals surface area contributed by atoms with Crippen LogP contribution in [0.15, 0.2) is 0 Å². The molecule has 1 spiro atoms. The van der Waals surface area contributed by atoms with Gasteiger partial charge in [-0.05, 0) is 32.1 Å². The lowest BCUT2D eigenvalue weighted by Crippen LogP contribution is -2.40. The molecule has 0 N–H and O–H groups in total. The van der Waals surface area contributed by atoms with Crippen LogP contribution < -0.4 is 0 Å². The number of carbonyl (C=O) groups excluding carboxylic acids is 1. The van der Waals surface area contributed by atoms with Crippen molar-refractivity contribution in [2.45, 2.75) is 38.5 Å². The molecule has 1 aliphatic heterocycles. The van der Waals surface area contributed by atoms with Gasteiger partial charge in [-0.15, -0.1) is 11.6 Å². The second-order valence-electron chi connectivity index (χ2n) is 5.41. The smallest absolute Gasteiger partial charge is 0.240 e. The van der Waals surface area contributed by atoms with E-state index in [9.17, 15) is 4.79 Å². The van der Waals surface area contributed by atoms with Crippen LogP contribution in [0.2, 0.25) is 0 Å². The van der Waals surface area contributed by atoms with Gasteiger partial charge in [0.2, 0.25) is 5.91 Å². The molecule has 1 heterocycles. The molecular formula is C13H22ClNO2. The van der Waals surface area contributed by atoms with E-state index in [2.05, 4.69) is 0 Å². The first-order chi connectivity index (χ1) is 8.09. The Morgan fingerprint density at radius 2 is 2.29 bits per heavy atom. The van der Waals surface area contributed by atoms with Gasteiger partial charge < -0.3 is 9.64 Å². The molecular weight excluding hydrogens is 238 g/mol. The Bertz CT molecular complexity index is 289. The summed E-state index contributed by atoms with van der Waals surface area (Å²) in [6.45, 7) is 7.04. The fourth-order valence-electron chi connectivity index (χ4n) is 3.14. The van der Waals surface area contributed by atoms with Crippen molar-refractivity contribution >= 4 is 17.5 Å². The normalized spacial score (nSPS) is 28.2. The Balaban J connectivity index is 1.99. The Hall–Kier alpha value is -0.280. The summed E-state index contributed by atoms with van der Waals surface area (Å²) in [6.07, 6.45) is 3.78. The molecule has 2 fully saturated rings. The van der Waals surface area contributed by atoms with Gasteiger partial charge in [0.1, 0.15) is 5.38 Å². The van der Waals surface area contributed by atoms with E-state index in [1.54, 1.807) is 6.92 Å². The number of hydrogen-bond donors (Lipinski definition) is 0. The Morgan fingerprint density at radius 1 is 1.59 bits per heavy atom. The number of likely N-dealkylation sites (tertiary alicyclic amines) is 1. The van der Waals surface area contributed by atoms with Gasteiger partial charge in [0.05, 0.1) is 6.61 Å². The summed E-state index contributed by atoms with van der Waals surface area (Å²) in [5, 5.41) is -0.405. The van der Waals surface area contributed by atoms with Crippen LogP contribution in [0.5, 0.6) is 0 Å². The highest BCUT2D eigenvalue weighted by Gasteiger charge is 2.51. The standard InChI is InChI=1S/C13H22ClNO2/c1-3-17-8-11-7-15(12(16)10(2)14)9-13(11)5-4-6-13/h10-11H,3-9H2,1-2H3/t10-,11+/m0/s1. The second-order valence-corrected chi connectivity index (χ2v) is 6.06. The number of alkyl halides is 1. The van der Waals surface area contributed by atoms with Gasteiger partial charge in [0.15, 0.2) is 0 Å². The molecule has 98 valence electrons. The molecule has 0 aromatic heterocycles. The largest absolute Gasteiger partial charge is 0.381 e. The van der Waals surface area contributed by atoms with E-state index >= 15 is 0 Å². The highest BCUT2D eigenvalue weighted by molar-refractivity contribution is 6.30. The quantitative estimate of drug-likeness (QED) is 0.725. The third-order valence-electron chi connectivity index (χ3n) is 4.34. The second kappa shape index (κ2) is 5.15. The maximum absolute atomic E-state index is 11.9. The molecule has 2 aliphatic rings. The predicted octanol–water partition coefficient (Wildman–Crippen LogP) is 2.28. The average molecular weight is 260 g/mol.